The van der Waals surface area contributed by atoms with Gasteiger partial charge in [-0.3, -0.25) is 19.2 Å². The van der Waals surface area contributed by atoms with Crippen molar-refractivity contribution >= 4 is 35.0 Å². The maximum Gasteiger partial charge on any atom is 0.273 e. The Hall–Kier alpha value is -5.45. The monoisotopic (exact) mass is 746 g/mol. The molecule has 3 N–H and O–H groups in total. The van der Waals surface area contributed by atoms with Crippen LogP contribution < -0.4 is 25.4 Å². The van der Waals surface area contributed by atoms with E-state index in [2.05, 4.69) is 36.0 Å². The van der Waals surface area contributed by atoms with Crippen LogP contribution in [0.2, 0.25) is 0 Å². The first-order chi connectivity index (χ1) is 25.6. The molecular formula is C36H46N10O6S. The van der Waals surface area contributed by atoms with E-state index in [9.17, 15) is 19.2 Å². The highest BCUT2D eigenvalue weighted by Gasteiger charge is 2.29. The van der Waals surface area contributed by atoms with Crippen LogP contribution in [0.25, 0.3) is 10.8 Å². The van der Waals surface area contributed by atoms with Crippen LogP contribution in [0.5, 0.6) is 11.5 Å². The van der Waals surface area contributed by atoms with Crippen LogP contribution in [0.15, 0.2) is 42.0 Å². The van der Waals surface area contributed by atoms with Crippen molar-refractivity contribution in [2.24, 2.45) is 5.92 Å². The molecule has 3 aromatic heterocycles. The topological polar surface area (TPSA) is 195 Å². The zero-order valence-electron chi connectivity index (χ0n) is 30.6. The summed E-state index contributed by atoms with van der Waals surface area (Å²) in [5, 5.41) is 15.7. The van der Waals surface area contributed by atoms with Gasteiger partial charge in [0.25, 0.3) is 5.91 Å². The fourth-order valence-electron chi connectivity index (χ4n) is 5.88. The Kier molecular flexibility index (Phi) is 13.4. The lowest BCUT2D eigenvalue weighted by atomic mass is 9.97. The zero-order chi connectivity index (χ0) is 37.9. The second-order valence-electron chi connectivity index (χ2n) is 12.8. The molecule has 1 aromatic carbocycles. The van der Waals surface area contributed by atoms with Crippen LogP contribution in [0.3, 0.4) is 0 Å². The van der Waals surface area contributed by atoms with E-state index in [-0.39, 0.29) is 61.3 Å². The minimum Gasteiger partial charge on any atom is -0.493 e. The summed E-state index contributed by atoms with van der Waals surface area (Å²) in [5.41, 5.74) is 1.11. The fourth-order valence-corrected chi connectivity index (χ4v) is 6.62. The summed E-state index contributed by atoms with van der Waals surface area (Å²) < 4.78 is 12.3. The molecule has 17 heteroatoms. The molecule has 4 aromatic rings. The van der Waals surface area contributed by atoms with Crippen molar-refractivity contribution in [3.63, 3.8) is 0 Å². The Labute approximate surface area is 312 Å². The van der Waals surface area contributed by atoms with E-state index in [0.717, 1.165) is 5.56 Å². The molecule has 0 aliphatic carbocycles. The predicted molar refractivity (Wildman–Crippen MR) is 196 cm³/mol. The summed E-state index contributed by atoms with van der Waals surface area (Å²) in [6.07, 6.45) is 5.11. The summed E-state index contributed by atoms with van der Waals surface area (Å²) in [6, 6.07) is 5.77. The molecule has 4 amide bonds. The number of rotatable bonds is 8. The molecule has 0 spiro atoms. The summed E-state index contributed by atoms with van der Waals surface area (Å²) in [5.74, 6) is 0.955. The van der Waals surface area contributed by atoms with Gasteiger partial charge in [-0.25, -0.2) is 24.6 Å². The first kappa shape index (κ1) is 38.8. The number of aromatic nitrogens is 6. The highest BCUT2D eigenvalue weighted by atomic mass is 32.1. The molecule has 3 atom stereocenters. The molecule has 4 heterocycles. The van der Waals surface area contributed by atoms with Crippen molar-refractivity contribution < 1.29 is 28.7 Å². The van der Waals surface area contributed by atoms with E-state index in [4.69, 9.17) is 14.5 Å². The first-order valence-electron chi connectivity index (χ1n) is 17.6. The molecule has 1 aliphatic rings. The van der Waals surface area contributed by atoms with Crippen molar-refractivity contribution in [2.45, 2.75) is 71.5 Å². The minimum absolute atomic E-state index is 0.101. The smallest absolute Gasteiger partial charge is 0.273 e. The van der Waals surface area contributed by atoms with E-state index < -0.39 is 12.1 Å². The fraction of sp³-hybridized carbons (Fsp3) is 0.472. The Morgan fingerprint density at radius 2 is 1.77 bits per heavy atom. The highest BCUT2D eigenvalue weighted by Crippen LogP contribution is 2.28. The number of thiazole rings is 1. The summed E-state index contributed by atoms with van der Waals surface area (Å²) in [7, 11) is 3.12. The Balaban J connectivity index is 1.37. The minimum atomic E-state index is -0.814. The normalized spacial score (nSPS) is 18.4. The van der Waals surface area contributed by atoms with Crippen molar-refractivity contribution in [3.8, 4) is 22.3 Å². The number of benzene rings is 1. The van der Waals surface area contributed by atoms with Crippen molar-refractivity contribution in [2.75, 3.05) is 33.9 Å². The first-order valence-corrected chi connectivity index (χ1v) is 18.5. The lowest BCUT2D eigenvalue weighted by Gasteiger charge is -2.26. The van der Waals surface area contributed by atoms with Crippen LogP contribution in [0, 0.1) is 5.92 Å². The molecule has 0 bridgehead atoms. The maximum absolute atomic E-state index is 13.7. The van der Waals surface area contributed by atoms with Crippen molar-refractivity contribution in [1.29, 1.82) is 0 Å². The van der Waals surface area contributed by atoms with Gasteiger partial charge in [0.05, 0.1) is 20.3 Å². The third kappa shape index (κ3) is 10.1. The number of hydrogen-bond donors (Lipinski definition) is 3. The molecule has 1 aliphatic heterocycles. The molecule has 16 nitrogen and oxygen atoms in total. The summed E-state index contributed by atoms with van der Waals surface area (Å²) in [6.45, 7) is 6.35. The van der Waals surface area contributed by atoms with E-state index in [1.165, 1.54) is 16.0 Å². The number of carbonyl (C=O) groups is 4. The Morgan fingerprint density at radius 1 is 1.02 bits per heavy atom. The number of methoxy groups -OCH3 is 2. The van der Waals surface area contributed by atoms with Gasteiger partial charge in [0, 0.05) is 50.2 Å². The van der Waals surface area contributed by atoms with E-state index in [0.29, 0.717) is 66.2 Å². The van der Waals surface area contributed by atoms with Gasteiger partial charge in [-0.2, -0.15) is 5.10 Å². The molecule has 0 saturated heterocycles. The quantitative estimate of drug-likeness (QED) is 0.240. The lowest BCUT2D eigenvalue weighted by molar-refractivity contribution is -0.130. The number of fused-ring (bicyclic) bond motifs is 1. The molecule has 53 heavy (non-hydrogen) atoms. The van der Waals surface area contributed by atoms with Gasteiger partial charge in [-0.1, -0.05) is 26.3 Å². The molecular weight excluding hydrogens is 701 g/mol. The zero-order valence-corrected chi connectivity index (χ0v) is 31.4. The number of ether oxygens (including phenoxy) is 2. The standard InChI is InChI=1S/C36H46N10O6S/c1-6-22(2)31-34(49)40-23(3)33-42-28(19-24-11-12-26(51-4)27(18-24)52-5)44-46(33)20-30(48)37-15-9-17-45(16-7-10-29(47)43-31)36(50)25-21-53-35(41-25)32-38-13-8-14-39-32/h8,11-14,18,21-23,31H,6-7,9-10,15-17,19-20H2,1-5H3,(H,37,48)(H,40,49)(H,43,47)/t22-,23+,31-/m0/s1. The van der Waals surface area contributed by atoms with Gasteiger partial charge in [0.2, 0.25) is 17.7 Å². The third-order valence-corrected chi connectivity index (χ3v) is 9.77. The second kappa shape index (κ2) is 18.3. The molecule has 0 saturated carbocycles. The van der Waals surface area contributed by atoms with Crippen LogP contribution in [-0.4, -0.2) is 98.1 Å². The van der Waals surface area contributed by atoms with Gasteiger partial charge >= 0.3 is 0 Å². The van der Waals surface area contributed by atoms with E-state index >= 15 is 0 Å². The van der Waals surface area contributed by atoms with Crippen LogP contribution in [-0.2, 0) is 27.3 Å². The predicted octanol–water partition coefficient (Wildman–Crippen LogP) is 2.95. The Bertz CT molecular complexity index is 1880. The van der Waals surface area contributed by atoms with E-state index in [1.54, 1.807) is 55.9 Å². The summed E-state index contributed by atoms with van der Waals surface area (Å²) >= 11 is 1.27. The van der Waals surface area contributed by atoms with Crippen molar-refractivity contribution in [1.82, 2.24) is 50.6 Å². The lowest BCUT2D eigenvalue weighted by Crippen LogP contribution is -2.51. The second-order valence-corrected chi connectivity index (χ2v) is 13.6. The largest absolute Gasteiger partial charge is 0.493 e. The van der Waals surface area contributed by atoms with E-state index in [1.807, 2.05) is 26.0 Å². The molecule has 0 fully saturated rings. The number of carbonyl (C=O) groups excluding carboxylic acids is 4. The number of nitrogens with one attached hydrogen (secondary N) is 3. The third-order valence-electron chi connectivity index (χ3n) is 8.93. The maximum atomic E-state index is 13.7. The SMILES string of the molecule is CC[C@H](C)[C@@H]1NC(=O)CCCN(C(=O)c2csc(-c3ncccn3)n2)CCCNC(=O)Cn2nc(Cc3ccc(OC)c(OC)c3)nc2[C@@H](C)NC1=O. The van der Waals surface area contributed by atoms with Gasteiger partial charge in [0.1, 0.15) is 24.1 Å². The molecule has 282 valence electrons. The molecule has 5 rings (SSSR count). The van der Waals surface area contributed by atoms with Crippen molar-refractivity contribution in [3.05, 3.63) is 64.9 Å². The van der Waals surface area contributed by atoms with Crippen LogP contribution in [0.1, 0.15) is 80.2 Å². The average molecular weight is 747 g/mol. The van der Waals surface area contributed by atoms with Crippen LogP contribution in [0.4, 0.5) is 0 Å². The molecule has 0 unspecified atom stereocenters. The Morgan fingerprint density at radius 3 is 2.51 bits per heavy atom. The molecule has 0 radical (unpaired) electrons. The van der Waals surface area contributed by atoms with Gasteiger partial charge in [-0.15, -0.1) is 11.3 Å². The summed E-state index contributed by atoms with van der Waals surface area (Å²) in [4.78, 5) is 73.2. The number of hydrogen-bond acceptors (Lipinski definition) is 12. The van der Waals surface area contributed by atoms with Gasteiger partial charge < -0.3 is 30.3 Å². The average Bonchev–Trinajstić information content (AvgIpc) is 3.82. The van der Waals surface area contributed by atoms with Gasteiger partial charge in [-0.05, 0) is 49.4 Å². The highest BCUT2D eigenvalue weighted by molar-refractivity contribution is 7.13. The van der Waals surface area contributed by atoms with Gasteiger partial charge in [0.15, 0.2) is 28.2 Å². The number of nitrogens with zero attached hydrogens (tertiary/aromatic N) is 7. The van der Waals surface area contributed by atoms with Crippen LogP contribution >= 0.6 is 11.3 Å². The number of amides is 4.